The molecule has 0 saturated heterocycles. The molecule has 0 aliphatic heterocycles. The average molecular weight is 883 g/mol. The molecule has 0 aromatic heterocycles. The molecule has 11 heteroatoms. The van der Waals surface area contributed by atoms with Crippen LogP contribution in [0.25, 0.3) is 0 Å². The van der Waals surface area contributed by atoms with Crippen molar-refractivity contribution >= 4 is 12.4 Å². The predicted molar refractivity (Wildman–Crippen MR) is 238 cm³/mol. The van der Waals surface area contributed by atoms with Gasteiger partial charge in [-0.1, -0.05) is 115 Å². The molecule has 0 unspecified atom stereocenters. The van der Waals surface area contributed by atoms with Crippen LogP contribution < -0.4 is 29.5 Å². The van der Waals surface area contributed by atoms with Crippen molar-refractivity contribution in [3.8, 4) is 63.2 Å². The Kier molecular flexibility index (Phi) is 20.4. The smallest absolute Gasteiger partial charge is 0.872 e. The standard InChI is InChI=1S/C16H16N2O2.3C12H10O2.Co/c19-15-7-3-1-5-13(15)11-17-9-10-18-12-14-6-2-4-8-16(14)20;3*13-10-6-8-12(9-7-10)14-11-4-2-1-3-5-11;/h1-8,11-12,19-20H,9-10H2;3*1-9,13H;/q;;;;+3/p-3. The van der Waals surface area contributed by atoms with Crippen LogP contribution in [0.2, 0.25) is 0 Å². The van der Waals surface area contributed by atoms with Crippen LogP contribution in [0.4, 0.5) is 0 Å². The van der Waals surface area contributed by atoms with E-state index in [-0.39, 0.29) is 45.5 Å². The number of aromatic hydroxyl groups is 2. The van der Waals surface area contributed by atoms with Crippen molar-refractivity contribution in [1.29, 1.82) is 0 Å². The van der Waals surface area contributed by atoms with Gasteiger partial charge in [-0.05, 0) is 97.1 Å². The van der Waals surface area contributed by atoms with E-state index in [1.165, 1.54) is 36.4 Å². The van der Waals surface area contributed by atoms with Crippen LogP contribution in [0.3, 0.4) is 0 Å². The molecule has 2 N–H and O–H groups in total. The maximum Gasteiger partial charge on any atom is 3.00 e. The van der Waals surface area contributed by atoms with E-state index in [1.54, 1.807) is 85.2 Å². The van der Waals surface area contributed by atoms with Gasteiger partial charge in [0.2, 0.25) is 0 Å². The maximum atomic E-state index is 10.8. The van der Waals surface area contributed by atoms with Crippen LogP contribution in [0.1, 0.15) is 11.1 Å². The zero-order valence-corrected chi connectivity index (χ0v) is 34.9. The van der Waals surface area contributed by atoms with Crippen molar-refractivity contribution < 1.29 is 56.5 Å². The molecule has 0 atom stereocenters. The molecule has 0 aliphatic rings. The number of benzene rings is 8. The zero-order chi connectivity index (χ0) is 43.6. The molecule has 0 heterocycles. The van der Waals surface area contributed by atoms with Crippen LogP contribution in [0.5, 0.6) is 63.2 Å². The van der Waals surface area contributed by atoms with E-state index < -0.39 is 0 Å². The molecule has 0 spiro atoms. The summed E-state index contributed by atoms with van der Waals surface area (Å²) in [7, 11) is 0. The van der Waals surface area contributed by atoms with Crippen LogP contribution in [-0.2, 0) is 16.8 Å². The summed E-state index contributed by atoms with van der Waals surface area (Å²) in [5.74, 6) is 4.75. The van der Waals surface area contributed by atoms with Gasteiger partial charge < -0.3 is 39.7 Å². The Bertz CT molecular complexity index is 2270. The predicted octanol–water partition coefficient (Wildman–Crippen LogP) is 10.3. The summed E-state index contributed by atoms with van der Waals surface area (Å²) < 4.78 is 16.5. The quantitative estimate of drug-likeness (QED) is 0.0958. The van der Waals surface area contributed by atoms with Gasteiger partial charge in [0, 0.05) is 23.6 Å². The number of ether oxygens (including phenoxy) is 3. The summed E-state index contributed by atoms with van der Waals surface area (Å²) in [4.78, 5) is 8.39. The van der Waals surface area contributed by atoms with E-state index in [0.29, 0.717) is 41.5 Å². The maximum absolute atomic E-state index is 10.8. The summed E-state index contributed by atoms with van der Waals surface area (Å²) in [6.45, 7) is 1.05. The summed E-state index contributed by atoms with van der Waals surface area (Å²) in [6, 6.07) is 61.3. The first-order valence-electron chi connectivity index (χ1n) is 19.4. The van der Waals surface area contributed by atoms with Gasteiger partial charge in [0.1, 0.15) is 46.0 Å². The fraction of sp³-hybridized carbons (Fsp3) is 0.0385. The molecular formula is C52H43CoN2O8. The number of aliphatic imine (C=N–C) groups is 2. The van der Waals surface area contributed by atoms with Gasteiger partial charge >= 0.3 is 16.8 Å². The molecule has 0 radical (unpaired) electrons. The number of hydrogen-bond acceptors (Lipinski definition) is 10. The number of para-hydroxylation sites is 5. The number of rotatable bonds is 11. The Morgan fingerprint density at radius 2 is 0.571 bits per heavy atom. The number of phenolic OH excluding ortho intramolecular Hbond substituents is 2. The Balaban J connectivity index is 0.000000186. The molecular weight excluding hydrogens is 840 g/mol. The van der Waals surface area contributed by atoms with Crippen LogP contribution >= 0.6 is 0 Å². The average Bonchev–Trinajstić information content (AvgIpc) is 3.30. The summed E-state index contributed by atoms with van der Waals surface area (Å²) in [5.41, 5.74) is 1.38. The van der Waals surface area contributed by atoms with Gasteiger partial charge in [0.05, 0.1) is 13.1 Å². The first-order chi connectivity index (χ1) is 30.3. The second-order valence-electron chi connectivity index (χ2n) is 12.8. The molecule has 8 aromatic rings. The Morgan fingerprint density at radius 3 is 0.841 bits per heavy atom. The number of phenols is 2. The first kappa shape index (κ1) is 47.7. The Hall–Kier alpha value is -7.99. The molecule has 0 saturated carbocycles. The SMILES string of the molecule is Oc1ccccc1C=NCCN=Cc1ccccc1O.[Co+3].[O-]c1ccc(Oc2ccccc2)cc1.[O-]c1ccc(Oc2ccccc2)cc1.[O-]c1ccc(Oc2ccccc2)cc1. The van der Waals surface area contributed by atoms with Crippen molar-refractivity contribution in [2.75, 3.05) is 13.1 Å². The summed E-state index contributed by atoms with van der Waals surface area (Å²) >= 11 is 0. The molecule has 8 aromatic carbocycles. The Morgan fingerprint density at radius 1 is 0.333 bits per heavy atom. The third-order valence-corrected chi connectivity index (χ3v) is 8.10. The van der Waals surface area contributed by atoms with Gasteiger partial charge in [0.25, 0.3) is 0 Å². The molecule has 8 rings (SSSR count). The van der Waals surface area contributed by atoms with Gasteiger partial charge in [-0.25, -0.2) is 0 Å². The van der Waals surface area contributed by atoms with E-state index in [2.05, 4.69) is 9.98 Å². The second-order valence-corrected chi connectivity index (χ2v) is 12.8. The van der Waals surface area contributed by atoms with Gasteiger partial charge in [0.15, 0.2) is 0 Å². The van der Waals surface area contributed by atoms with Crippen molar-refractivity contribution in [2.45, 2.75) is 0 Å². The minimum absolute atomic E-state index is 0. The molecule has 63 heavy (non-hydrogen) atoms. The van der Waals surface area contributed by atoms with Crippen molar-refractivity contribution in [1.82, 2.24) is 0 Å². The van der Waals surface area contributed by atoms with E-state index in [0.717, 1.165) is 17.2 Å². The van der Waals surface area contributed by atoms with Crippen LogP contribution in [-0.4, -0.2) is 35.7 Å². The molecule has 0 bridgehead atoms. The fourth-order valence-corrected chi connectivity index (χ4v) is 5.03. The minimum atomic E-state index is -0.00888. The molecule has 318 valence electrons. The van der Waals surface area contributed by atoms with Crippen LogP contribution in [0, 0.1) is 0 Å². The van der Waals surface area contributed by atoms with E-state index in [4.69, 9.17) is 14.2 Å². The normalized spacial score (nSPS) is 10.1. The van der Waals surface area contributed by atoms with E-state index in [1.807, 2.05) is 103 Å². The van der Waals surface area contributed by atoms with Gasteiger partial charge in [-0.15, -0.1) is 17.2 Å². The Labute approximate surface area is 377 Å². The summed E-state index contributed by atoms with van der Waals surface area (Å²) in [5, 5.41) is 51.5. The number of nitrogens with zero attached hydrogens (tertiary/aromatic N) is 2. The van der Waals surface area contributed by atoms with Crippen molar-refractivity contribution in [3.05, 3.63) is 223 Å². The topological polar surface area (TPSA) is 162 Å². The van der Waals surface area contributed by atoms with Gasteiger partial charge in [-0.3, -0.25) is 9.98 Å². The van der Waals surface area contributed by atoms with Crippen molar-refractivity contribution in [3.63, 3.8) is 0 Å². The minimum Gasteiger partial charge on any atom is -0.872 e. The van der Waals surface area contributed by atoms with E-state index >= 15 is 0 Å². The van der Waals surface area contributed by atoms with Gasteiger partial charge in [-0.2, -0.15) is 0 Å². The molecule has 10 nitrogen and oxygen atoms in total. The molecule has 0 aliphatic carbocycles. The number of hydrogen-bond donors (Lipinski definition) is 2. The largest absolute Gasteiger partial charge is 3.00 e. The monoisotopic (exact) mass is 882 g/mol. The third-order valence-electron chi connectivity index (χ3n) is 8.10. The second kappa shape index (κ2) is 27.0. The zero-order valence-electron chi connectivity index (χ0n) is 33.8. The third kappa shape index (κ3) is 18.4. The molecule has 0 amide bonds. The first-order valence-corrected chi connectivity index (χ1v) is 19.4. The molecule has 0 fully saturated rings. The summed E-state index contributed by atoms with van der Waals surface area (Å²) in [6.07, 6.45) is 3.26. The van der Waals surface area contributed by atoms with E-state index in [9.17, 15) is 25.5 Å². The fourth-order valence-electron chi connectivity index (χ4n) is 5.03. The van der Waals surface area contributed by atoms with Crippen molar-refractivity contribution in [2.24, 2.45) is 9.98 Å². The van der Waals surface area contributed by atoms with Crippen LogP contribution in [0.15, 0.2) is 222 Å².